The Bertz CT molecular complexity index is 1460. The summed E-state index contributed by atoms with van der Waals surface area (Å²) in [6.45, 7) is 2.47. The van der Waals surface area contributed by atoms with E-state index in [1.807, 2.05) is 97.1 Å². The SMILES string of the molecule is COC(=O)C1=C(C)N(Cc2ccccc2)C(=O)N[C@H]1c1c(OCc2ccccc2)ccc2ccccc12. The third-order valence-electron chi connectivity index (χ3n) is 6.64. The van der Waals surface area contributed by atoms with Gasteiger partial charge >= 0.3 is 12.0 Å². The molecule has 6 heteroatoms. The second-order valence-electron chi connectivity index (χ2n) is 8.92. The Morgan fingerprint density at radius 3 is 2.22 bits per heavy atom. The molecule has 0 saturated heterocycles. The Balaban J connectivity index is 1.62. The molecule has 0 aromatic heterocycles. The van der Waals surface area contributed by atoms with Gasteiger partial charge in [-0.05, 0) is 34.9 Å². The number of rotatable bonds is 7. The van der Waals surface area contributed by atoms with Gasteiger partial charge in [0.25, 0.3) is 0 Å². The molecule has 0 unspecified atom stereocenters. The number of hydrogen-bond acceptors (Lipinski definition) is 4. The first-order valence-electron chi connectivity index (χ1n) is 12.2. The molecule has 5 rings (SSSR count). The molecule has 2 amide bonds. The lowest BCUT2D eigenvalue weighted by Gasteiger charge is -2.36. The van der Waals surface area contributed by atoms with E-state index in [9.17, 15) is 9.59 Å². The van der Waals surface area contributed by atoms with E-state index in [0.717, 1.165) is 27.5 Å². The summed E-state index contributed by atoms with van der Waals surface area (Å²) in [5.74, 6) is 0.0982. The average Bonchev–Trinajstić information content (AvgIpc) is 2.94. The molecule has 37 heavy (non-hydrogen) atoms. The van der Waals surface area contributed by atoms with Crippen molar-refractivity contribution >= 4 is 22.8 Å². The van der Waals surface area contributed by atoms with Crippen LogP contribution in [-0.2, 0) is 22.7 Å². The maximum Gasteiger partial charge on any atom is 0.337 e. The van der Waals surface area contributed by atoms with Crippen LogP contribution >= 0.6 is 0 Å². The molecule has 0 aliphatic carbocycles. The molecule has 1 N–H and O–H groups in total. The average molecular weight is 493 g/mol. The molecule has 1 aliphatic heterocycles. The first kappa shape index (κ1) is 24.1. The number of hydrogen-bond donors (Lipinski definition) is 1. The second kappa shape index (κ2) is 10.6. The van der Waals surface area contributed by atoms with Gasteiger partial charge in [0.2, 0.25) is 0 Å². The molecule has 1 aliphatic rings. The maximum atomic E-state index is 13.5. The van der Waals surface area contributed by atoms with Crippen molar-refractivity contribution in [3.05, 3.63) is 125 Å². The largest absolute Gasteiger partial charge is 0.489 e. The van der Waals surface area contributed by atoms with Crippen LogP contribution in [0.1, 0.15) is 29.7 Å². The molecule has 1 heterocycles. The first-order valence-corrected chi connectivity index (χ1v) is 12.2. The summed E-state index contributed by atoms with van der Waals surface area (Å²) < 4.78 is 11.5. The number of ether oxygens (including phenoxy) is 2. The third kappa shape index (κ3) is 4.91. The predicted molar refractivity (Wildman–Crippen MR) is 143 cm³/mol. The van der Waals surface area contributed by atoms with E-state index in [2.05, 4.69) is 5.32 Å². The van der Waals surface area contributed by atoms with E-state index < -0.39 is 12.0 Å². The minimum absolute atomic E-state index is 0.291. The molecule has 0 saturated carbocycles. The Morgan fingerprint density at radius 1 is 0.865 bits per heavy atom. The number of nitrogens with zero attached hydrogens (tertiary/aromatic N) is 1. The van der Waals surface area contributed by atoms with E-state index in [4.69, 9.17) is 9.47 Å². The quantitative estimate of drug-likeness (QED) is 0.315. The zero-order valence-corrected chi connectivity index (χ0v) is 20.8. The number of methoxy groups -OCH3 is 1. The van der Waals surface area contributed by atoms with Crippen molar-refractivity contribution in [1.82, 2.24) is 10.2 Å². The summed E-state index contributed by atoms with van der Waals surface area (Å²) >= 11 is 0. The van der Waals surface area contributed by atoms with Crippen molar-refractivity contribution in [1.29, 1.82) is 0 Å². The number of benzene rings is 4. The van der Waals surface area contributed by atoms with Crippen molar-refractivity contribution in [3.8, 4) is 5.75 Å². The first-order chi connectivity index (χ1) is 18.1. The Hall–Kier alpha value is -4.58. The van der Waals surface area contributed by atoms with Gasteiger partial charge in [0.1, 0.15) is 12.4 Å². The van der Waals surface area contributed by atoms with Gasteiger partial charge in [-0.15, -0.1) is 0 Å². The van der Waals surface area contributed by atoms with Crippen LogP contribution in [0.4, 0.5) is 4.79 Å². The summed E-state index contributed by atoms with van der Waals surface area (Å²) in [5.41, 5.74) is 3.62. The van der Waals surface area contributed by atoms with Crippen LogP contribution < -0.4 is 10.1 Å². The number of nitrogens with one attached hydrogen (secondary N) is 1. The zero-order valence-electron chi connectivity index (χ0n) is 20.8. The summed E-state index contributed by atoms with van der Waals surface area (Å²) in [5, 5.41) is 4.95. The minimum Gasteiger partial charge on any atom is -0.489 e. The van der Waals surface area contributed by atoms with Crippen molar-refractivity contribution in [3.63, 3.8) is 0 Å². The fraction of sp³-hybridized carbons (Fsp3) is 0.161. The molecule has 4 aromatic rings. The topological polar surface area (TPSA) is 67.9 Å². The lowest BCUT2D eigenvalue weighted by Crippen LogP contribution is -2.47. The molecule has 6 nitrogen and oxygen atoms in total. The number of amides is 2. The van der Waals surface area contributed by atoms with Crippen LogP contribution in [0.5, 0.6) is 5.75 Å². The van der Waals surface area contributed by atoms with Gasteiger partial charge in [0, 0.05) is 11.3 Å². The van der Waals surface area contributed by atoms with Gasteiger partial charge in [0.05, 0.1) is 25.3 Å². The molecule has 186 valence electrons. The normalized spacial score (nSPS) is 15.5. The fourth-order valence-electron chi connectivity index (χ4n) is 4.76. The lowest BCUT2D eigenvalue weighted by atomic mass is 9.90. The highest BCUT2D eigenvalue weighted by atomic mass is 16.5. The zero-order chi connectivity index (χ0) is 25.8. The minimum atomic E-state index is -0.746. The van der Waals surface area contributed by atoms with Crippen LogP contribution in [0, 0.1) is 0 Å². The molecular weight excluding hydrogens is 464 g/mol. The van der Waals surface area contributed by atoms with Gasteiger partial charge in [0.15, 0.2) is 0 Å². The second-order valence-corrected chi connectivity index (χ2v) is 8.92. The van der Waals surface area contributed by atoms with Crippen LogP contribution in [0.3, 0.4) is 0 Å². The third-order valence-corrected chi connectivity index (χ3v) is 6.64. The van der Waals surface area contributed by atoms with Crippen molar-refractivity contribution in [2.24, 2.45) is 0 Å². The van der Waals surface area contributed by atoms with E-state index in [1.54, 1.807) is 11.8 Å². The molecule has 1 atom stereocenters. The highest BCUT2D eigenvalue weighted by Gasteiger charge is 2.38. The smallest absolute Gasteiger partial charge is 0.337 e. The van der Waals surface area contributed by atoms with Gasteiger partial charge in [-0.1, -0.05) is 91.0 Å². The summed E-state index contributed by atoms with van der Waals surface area (Å²) in [6, 6.07) is 30.3. The van der Waals surface area contributed by atoms with E-state index in [-0.39, 0.29) is 6.03 Å². The van der Waals surface area contributed by atoms with E-state index in [1.165, 1.54) is 7.11 Å². The molecule has 0 fully saturated rings. The standard InChI is InChI=1S/C31H28N2O4/c1-21-27(30(34)36-2)29(32-31(35)33(21)19-22-11-5-3-6-12-22)28-25-16-10-9-15-24(25)17-18-26(28)37-20-23-13-7-4-8-14-23/h3-18,29H,19-20H2,1-2H3,(H,32,35)/t29-/m1/s1. The molecular formula is C31H28N2O4. The lowest BCUT2D eigenvalue weighted by molar-refractivity contribution is -0.136. The number of urea groups is 1. The Morgan fingerprint density at radius 2 is 1.51 bits per heavy atom. The van der Waals surface area contributed by atoms with Crippen molar-refractivity contribution < 1.29 is 19.1 Å². The summed E-state index contributed by atoms with van der Waals surface area (Å²) in [4.78, 5) is 28.2. The number of fused-ring (bicyclic) bond motifs is 1. The van der Waals surface area contributed by atoms with Crippen molar-refractivity contribution in [2.45, 2.75) is 26.1 Å². The van der Waals surface area contributed by atoms with Crippen LogP contribution in [0.25, 0.3) is 10.8 Å². The van der Waals surface area contributed by atoms with Gasteiger partial charge in [-0.2, -0.15) is 0 Å². The van der Waals surface area contributed by atoms with Gasteiger partial charge < -0.3 is 14.8 Å². The van der Waals surface area contributed by atoms with Crippen LogP contribution in [-0.4, -0.2) is 24.0 Å². The highest BCUT2D eigenvalue weighted by Crippen LogP contribution is 2.40. The van der Waals surface area contributed by atoms with Crippen LogP contribution in [0.15, 0.2) is 108 Å². The Kier molecular flexibility index (Phi) is 6.90. The van der Waals surface area contributed by atoms with Gasteiger partial charge in [-0.3, -0.25) is 4.90 Å². The Labute approximate surface area is 216 Å². The highest BCUT2D eigenvalue weighted by molar-refractivity contribution is 5.98. The van der Waals surface area contributed by atoms with Gasteiger partial charge in [-0.25, -0.2) is 9.59 Å². The summed E-state index contributed by atoms with van der Waals surface area (Å²) in [6.07, 6.45) is 0. The number of carbonyl (C=O) groups is 2. The number of allylic oxidation sites excluding steroid dienone is 1. The van der Waals surface area contributed by atoms with Crippen molar-refractivity contribution in [2.75, 3.05) is 7.11 Å². The molecule has 0 radical (unpaired) electrons. The molecule has 4 aromatic carbocycles. The monoisotopic (exact) mass is 492 g/mol. The predicted octanol–water partition coefficient (Wildman–Crippen LogP) is 6.13. The molecule has 0 spiro atoms. The maximum absolute atomic E-state index is 13.5. The number of carbonyl (C=O) groups excluding carboxylic acids is 2. The number of esters is 1. The van der Waals surface area contributed by atoms with Crippen LogP contribution in [0.2, 0.25) is 0 Å². The van der Waals surface area contributed by atoms with E-state index >= 15 is 0 Å². The fourth-order valence-corrected chi connectivity index (χ4v) is 4.76. The van der Waals surface area contributed by atoms with E-state index in [0.29, 0.717) is 30.2 Å². The summed E-state index contributed by atoms with van der Waals surface area (Å²) in [7, 11) is 1.35. The molecule has 0 bridgehead atoms.